The summed E-state index contributed by atoms with van der Waals surface area (Å²) in [6, 6.07) is 21.3. The fourth-order valence-electron chi connectivity index (χ4n) is 6.23. The van der Waals surface area contributed by atoms with E-state index in [1.54, 1.807) is 0 Å². The fourth-order valence-corrected chi connectivity index (χ4v) is 6.23. The van der Waals surface area contributed by atoms with E-state index in [1.807, 2.05) is 12.2 Å². The number of fused-ring (bicyclic) bond motifs is 1. The van der Waals surface area contributed by atoms with Crippen molar-refractivity contribution >= 4 is 33.6 Å². The lowest BCUT2D eigenvalue weighted by Gasteiger charge is -2.35. The van der Waals surface area contributed by atoms with Gasteiger partial charge >= 0.3 is 0 Å². The third-order valence-electron chi connectivity index (χ3n) is 8.29. The van der Waals surface area contributed by atoms with Crippen molar-refractivity contribution in [2.24, 2.45) is 0 Å². The molecule has 2 unspecified atom stereocenters. The summed E-state index contributed by atoms with van der Waals surface area (Å²) in [7, 11) is 2.06. The van der Waals surface area contributed by atoms with Crippen LogP contribution in [0.2, 0.25) is 0 Å². The number of benzene rings is 3. The molecule has 2 heterocycles. The zero-order chi connectivity index (χ0) is 25.2. The topological polar surface area (TPSA) is 46.5 Å². The molecule has 182 valence electrons. The summed E-state index contributed by atoms with van der Waals surface area (Å²) in [5, 5.41) is 25.0. The highest BCUT2D eigenvalue weighted by atomic mass is 16.3. The summed E-state index contributed by atoms with van der Waals surface area (Å²) in [5.74, 6) is 0. The maximum absolute atomic E-state index is 11.2. The lowest BCUT2D eigenvalue weighted by Crippen LogP contribution is -2.43. The minimum absolute atomic E-state index is 0.203. The average Bonchev–Trinajstić information content (AvgIpc) is 3.29. The molecule has 0 saturated heterocycles. The van der Waals surface area contributed by atoms with Crippen LogP contribution in [0, 0.1) is 0 Å². The Hall–Kier alpha value is -3.34. The molecule has 3 aliphatic rings. The molecule has 4 nitrogen and oxygen atoms in total. The summed E-state index contributed by atoms with van der Waals surface area (Å²) in [6.07, 6.45) is 4.65. The molecule has 1 aliphatic carbocycles. The Balaban J connectivity index is 1.40. The lowest BCUT2D eigenvalue weighted by atomic mass is 9.74. The van der Waals surface area contributed by atoms with Crippen molar-refractivity contribution in [1.82, 2.24) is 0 Å². The highest BCUT2D eigenvalue weighted by Crippen LogP contribution is 2.42. The summed E-state index contributed by atoms with van der Waals surface area (Å²) >= 11 is 0. The van der Waals surface area contributed by atoms with E-state index in [1.165, 1.54) is 33.3 Å². The molecule has 3 aromatic rings. The van der Waals surface area contributed by atoms with Gasteiger partial charge in [0.2, 0.25) is 17.1 Å². The fraction of sp³-hybridized carbons (Fsp3) is 0.312. The van der Waals surface area contributed by atoms with E-state index in [2.05, 4.69) is 97.6 Å². The third kappa shape index (κ3) is 3.21. The van der Waals surface area contributed by atoms with Crippen LogP contribution in [-0.4, -0.2) is 56.6 Å². The van der Waals surface area contributed by atoms with Gasteiger partial charge in [-0.2, -0.15) is 9.15 Å². The Bertz CT molecular complexity index is 1520. The van der Waals surface area contributed by atoms with Gasteiger partial charge in [-0.15, -0.1) is 0 Å². The Kier molecular flexibility index (Phi) is 5.36. The van der Waals surface area contributed by atoms with E-state index in [0.29, 0.717) is 11.1 Å². The van der Waals surface area contributed by atoms with Gasteiger partial charge in [0, 0.05) is 47.4 Å². The first-order valence-corrected chi connectivity index (χ1v) is 13.0. The second kappa shape index (κ2) is 8.36. The van der Waals surface area contributed by atoms with Crippen LogP contribution in [0.15, 0.2) is 84.0 Å². The second-order valence-electron chi connectivity index (χ2n) is 10.8. The summed E-state index contributed by atoms with van der Waals surface area (Å²) < 4.78 is 4.54. The van der Waals surface area contributed by atoms with E-state index in [0.717, 1.165) is 30.8 Å². The molecule has 6 rings (SSSR count). The molecular formula is C32H34N2O2+2. The summed E-state index contributed by atoms with van der Waals surface area (Å²) in [4.78, 5) is 0. The van der Waals surface area contributed by atoms with Gasteiger partial charge in [0.25, 0.3) is 0 Å². The highest BCUT2D eigenvalue weighted by Gasteiger charge is 2.47. The highest BCUT2D eigenvalue weighted by molar-refractivity contribution is 6.20. The largest absolute Gasteiger partial charge is 0.384 e. The van der Waals surface area contributed by atoms with Crippen LogP contribution in [0.3, 0.4) is 0 Å². The van der Waals surface area contributed by atoms with Gasteiger partial charge in [0.1, 0.15) is 25.8 Å². The number of unbranched alkanes of at least 4 members (excludes halogenated alkanes) is 1. The number of aliphatic hydroxyl groups excluding tert-OH is 2. The molecule has 2 N–H and O–H groups in total. The van der Waals surface area contributed by atoms with Crippen LogP contribution < -0.4 is 0 Å². The van der Waals surface area contributed by atoms with Crippen molar-refractivity contribution in [3.63, 3.8) is 0 Å². The molecule has 3 aromatic carbocycles. The van der Waals surface area contributed by atoms with Gasteiger partial charge in [-0.25, -0.2) is 0 Å². The van der Waals surface area contributed by atoms with Crippen LogP contribution in [-0.2, 0) is 5.41 Å². The number of para-hydroxylation sites is 1. The number of hydrogen-bond acceptors (Lipinski definition) is 2. The van der Waals surface area contributed by atoms with E-state index < -0.39 is 12.2 Å². The Morgan fingerprint density at radius 3 is 2.25 bits per heavy atom. The van der Waals surface area contributed by atoms with Crippen LogP contribution in [0.5, 0.6) is 0 Å². The summed E-state index contributed by atoms with van der Waals surface area (Å²) in [5.41, 5.74) is 8.11. The Morgan fingerprint density at radius 1 is 0.861 bits per heavy atom. The predicted molar refractivity (Wildman–Crippen MR) is 146 cm³/mol. The van der Waals surface area contributed by atoms with Crippen LogP contribution in [0.1, 0.15) is 44.7 Å². The number of rotatable bonds is 5. The molecule has 0 aromatic heterocycles. The van der Waals surface area contributed by atoms with Gasteiger partial charge in [0.15, 0.2) is 5.71 Å². The van der Waals surface area contributed by atoms with Gasteiger partial charge in [-0.3, -0.25) is 0 Å². The monoisotopic (exact) mass is 478 g/mol. The smallest absolute Gasteiger partial charge is 0.214 e. The molecule has 1 saturated carbocycles. The maximum atomic E-state index is 11.2. The number of aliphatic hydroxyl groups is 2. The van der Waals surface area contributed by atoms with E-state index in [-0.39, 0.29) is 5.41 Å². The van der Waals surface area contributed by atoms with E-state index in [9.17, 15) is 10.2 Å². The molecule has 1 fully saturated rings. The molecular weight excluding hydrogens is 444 g/mol. The minimum atomic E-state index is -0.788. The second-order valence-corrected chi connectivity index (χ2v) is 10.8. The van der Waals surface area contributed by atoms with Crippen molar-refractivity contribution in [1.29, 1.82) is 0 Å². The molecule has 2 atom stereocenters. The molecule has 0 spiro atoms. The SMILES string of the molecule is CCCC[N+]1=C(C=C2C(O)C(=CC3=[N+](C)c4ccccc4C3(C)C)C2O)c2cccc3cccc1c23. The number of hydrogen-bond donors (Lipinski definition) is 2. The van der Waals surface area contributed by atoms with Crippen LogP contribution in [0.25, 0.3) is 10.8 Å². The Morgan fingerprint density at radius 2 is 1.53 bits per heavy atom. The molecule has 0 radical (unpaired) electrons. The van der Waals surface area contributed by atoms with Gasteiger partial charge in [0.05, 0.1) is 16.4 Å². The predicted octanol–water partition coefficient (Wildman–Crippen LogP) is 5.38. The Labute approximate surface area is 212 Å². The molecule has 0 amide bonds. The normalized spacial score (nSPS) is 21.8. The van der Waals surface area contributed by atoms with Gasteiger partial charge < -0.3 is 10.2 Å². The third-order valence-corrected chi connectivity index (χ3v) is 8.29. The van der Waals surface area contributed by atoms with Gasteiger partial charge in [-0.05, 0) is 25.3 Å². The first kappa shape index (κ1) is 23.1. The molecule has 0 bridgehead atoms. The first-order chi connectivity index (χ1) is 17.3. The van der Waals surface area contributed by atoms with Crippen molar-refractivity contribution in [3.05, 3.63) is 95.1 Å². The van der Waals surface area contributed by atoms with Crippen molar-refractivity contribution in [3.8, 4) is 0 Å². The van der Waals surface area contributed by atoms with Crippen LogP contribution >= 0.6 is 0 Å². The standard InChI is InChI=1S/C32H34N2O2/c1-5-6-17-34-26-16-10-12-20-11-9-13-21(29(20)26)27(34)18-22-30(35)23(31(22)36)19-28-32(2,3)24-14-7-8-15-25(24)33(28)4/h7-16,18-19,30-31,35-36H,5-6,17H2,1-4H3/q+2. The first-order valence-electron chi connectivity index (χ1n) is 13.0. The van der Waals surface area contributed by atoms with Crippen molar-refractivity contribution in [2.45, 2.75) is 51.2 Å². The summed E-state index contributed by atoms with van der Waals surface area (Å²) in [6.45, 7) is 7.52. The minimum Gasteiger partial charge on any atom is -0.384 e. The molecule has 2 aliphatic heterocycles. The van der Waals surface area contributed by atoms with E-state index >= 15 is 0 Å². The molecule has 4 heteroatoms. The zero-order valence-corrected chi connectivity index (χ0v) is 21.5. The van der Waals surface area contributed by atoms with Crippen molar-refractivity contribution < 1.29 is 19.4 Å². The van der Waals surface area contributed by atoms with E-state index in [4.69, 9.17) is 0 Å². The van der Waals surface area contributed by atoms with Crippen LogP contribution in [0.4, 0.5) is 11.4 Å². The maximum Gasteiger partial charge on any atom is 0.214 e. The quantitative estimate of drug-likeness (QED) is 0.484. The van der Waals surface area contributed by atoms with Crippen molar-refractivity contribution in [2.75, 3.05) is 13.6 Å². The average molecular weight is 479 g/mol. The number of allylic oxidation sites excluding steroid dienone is 2. The zero-order valence-electron chi connectivity index (χ0n) is 21.5. The lowest BCUT2D eigenvalue weighted by molar-refractivity contribution is -0.436. The molecule has 36 heavy (non-hydrogen) atoms. The number of nitrogens with zero attached hydrogens (tertiary/aromatic N) is 2. The van der Waals surface area contributed by atoms with Gasteiger partial charge in [-0.1, -0.05) is 55.8 Å².